The summed E-state index contributed by atoms with van der Waals surface area (Å²) in [6.07, 6.45) is 4.83. The summed E-state index contributed by atoms with van der Waals surface area (Å²) in [6, 6.07) is 1.88. The first-order chi connectivity index (χ1) is 8.58. The standard InChI is InChI=1S/C13H20N4S/c1-16-6-4-10(8-16)9-17(2)12-7-15-5-3-11(12)13(14)18/h3,5,7,10H,4,6,8-9H2,1-2H3,(H2,14,18). The summed E-state index contributed by atoms with van der Waals surface area (Å²) in [6.45, 7) is 3.37. The topological polar surface area (TPSA) is 45.4 Å². The molecule has 18 heavy (non-hydrogen) atoms. The van der Waals surface area contributed by atoms with E-state index in [4.69, 9.17) is 18.0 Å². The summed E-state index contributed by atoms with van der Waals surface area (Å²) >= 11 is 5.09. The Labute approximate surface area is 114 Å². The van der Waals surface area contributed by atoms with Gasteiger partial charge in [-0.25, -0.2) is 0 Å². The maximum atomic E-state index is 5.75. The quantitative estimate of drug-likeness (QED) is 0.825. The molecule has 1 saturated heterocycles. The van der Waals surface area contributed by atoms with Crippen LogP contribution >= 0.6 is 12.2 Å². The van der Waals surface area contributed by atoms with Crippen molar-refractivity contribution in [1.82, 2.24) is 9.88 Å². The Morgan fingerprint density at radius 1 is 1.67 bits per heavy atom. The van der Waals surface area contributed by atoms with E-state index in [1.165, 1.54) is 13.0 Å². The van der Waals surface area contributed by atoms with Crippen molar-refractivity contribution in [2.75, 3.05) is 38.6 Å². The maximum absolute atomic E-state index is 5.75. The third-order valence-electron chi connectivity index (χ3n) is 3.50. The van der Waals surface area contributed by atoms with Gasteiger partial charge in [0.25, 0.3) is 0 Å². The van der Waals surface area contributed by atoms with E-state index in [-0.39, 0.29) is 0 Å². The minimum Gasteiger partial charge on any atom is -0.389 e. The molecule has 1 aromatic rings. The Morgan fingerprint density at radius 3 is 3.06 bits per heavy atom. The van der Waals surface area contributed by atoms with E-state index >= 15 is 0 Å². The SMILES string of the molecule is CN1CCC(CN(C)c2cnccc2C(N)=S)C1. The van der Waals surface area contributed by atoms with Crippen LogP contribution in [0.25, 0.3) is 0 Å². The van der Waals surface area contributed by atoms with Crippen molar-refractivity contribution in [3.8, 4) is 0 Å². The molecule has 1 unspecified atom stereocenters. The molecular formula is C13H20N4S. The van der Waals surface area contributed by atoms with Gasteiger partial charge >= 0.3 is 0 Å². The molecule has 1 aliphatic heterocycles. The Balaban J connectivity index is 2.09. The van der Waals surface area contributed by atoms with Crippen LogP contribution in [-0.4, -0.2) is 48.6 Å². The molecule has 1 aliphatic rings. The van der Waals surface area contributed by atoms with Crippen molar-refractivity contribution < 1.29 is 0 Å². The van der Waals surface area contributed by atoms with E-state index in [1.807, 2.05) is 12.3 Å². The average Bonchev–Trinajstić information content (AvgIpc) is 2.74. The monoisotopic (exact) mass is 264 g/mol. The van der Waals surface area contributed by atoms with Crippen molar-refractivity contribution >= 4 is 22.9 Å². The van der Waals surface area contributed by atoms with Gasteiger partial charge in [0.1, 0.15) is 4.99 Å². The lowest BCUT2D eigenvalue weighted by Gasteiger charge is -2.24. The van der Waals surface area contributed by atoms with Crippen LogP contribution in [0.4, 0.5) is 5.69 Å². The number of likely N-dealkylation sites (tertiary alicyclic amines) is 1. The number of pyridine rings is 1. The second-order valence-corrected chi connectivity index (χ2v) is 5.49. The highest BCUT2D eigenvalue weighted by molar-refractivity contribution is 7.80. The molecule has 0 radical (unpaired) electrons. The van der Waals surface area contributed by atoms with Crippen LogP contribution in [0.15, 0.2) is 18.5 Å². The van der Waals surface area contributed by atoms with E-state index in [0.717, 1.165) is 24.3 Å². The fourth-order valence-electron chi connectivity index (χ4n) is 2.56. The first-order valence-corrected chi connectivity index (χ1v) is 6.62. The lowest BCUT2D eigenvalue weighted by molar-refractivity contribution is 0.396. The third-order valence-corrected chi connectivity index (χ3v) is 3.72. The number of anilines is 1. The van der Waals surface area contributed by atoms with Gasteiger partial charge in [-0.2, -0.15) is 0 Å². The number of hydrogen-bond acceptors (Lipinski definition) is 4. The first kappa shape index (κ1) is 13.2. The second kappa shape index (κ2) is 5.63. The van der Waals surface area contributed by atoms with Crippen LogP contribution in [-0.2, 0) is 0 Å². The van der Waals surface area contributed by atoms with Gasteiger partial charge in [0.05, 0.1) is 11.9 Å². The number of thiocarbonyl (C=S) groups is 1. The highest BCUT2D eigenvalue weighted by Gasteiger charge is 2.21. The van der Waals surface area contributed by atoms with Crippen molar-refractivity contribution in [1.29, 1.82) is 0 Å². The molecule has 4 nitrogen and oxygen atoms in total. The van der Waals surface area contributed by atoms with Crippen molar-refractivity contribution in [3.63, 3.8) is 0 Å². The minimum absolute atomic E-state index is 0.433. The molecule has 1 fully saturated rings. The normalized spacial score (nSPS) is 20.0. The molecule has 2 N–H and O–H groups in total. The fourth-order valence-corrected chi connectivity index (χ4v) is 2.73. The molecule has 0 aliphatic carbocycles. The van der Waals surface area contributed by atoms with Crippen LogP contribution in [0, 0.1) is 5.92 Å². The summed E-state index contributed by atoms with van der Waals surface area (Å²) < 4.78 is 0. The molecule has 1 aromatic heterocycles. The highest BCUT2D eigenvalue weighted by atomic mass is 32.1. The molecule has 0 amide bonds. The Hall–Kier alpha value is -1.20. The van der Waals surface area contributed by atoms with Crippen molar-refractivity contribution in [3.05, 3.63) is 24.0 Å². The van der Waals surface area contributed by atoms with Gasteiger partial charge in [-0.15, -0.1) is 0 Å². The maximum Gasteiger partial charge on any atom is 0.106 e. The largest absolute Gasteiger partial charge is 0.389 e. The van der Waals surface area contributed by atoms with Gasteiger partial charge < -0.3 is 15.5 Å². The van der Waals surface area contributed by atoms with E-state index < -0.39 is 0 Å². The molecule has 98 valence electrons. The van der Waals surface area contributed by atoms with Crippen LogP contribution < -0.4 is 10.6 Å². The molecular weight excluding hydrogens is 244 g/mol. The van der Waals surface area contributed by atoms with Gasteiger partial charge in [0, 0.05) is 31.9 Å². The molecule has 1 atom stereocenters. The Morgan fingerprint density at radius 2 is 2.44 bits per heavy atom. The third kappa shape index (κ3) is 2.97. The zero-order valence-corrected chi connectivity index (χ0v) is 11.8. The summed E-state index contributed by atoms with van der Waals surface area (Å²) in [4.78, 5) is 9.19. The minimum atomic E-state index is 0.433. The highest BCUT2D eigenvalue weighted by Crippen LogP contribution is 2.22. The summed E-state index contributed by atoms with van der Waals surface area (Å²) in [5, 5.41) is 0. The fraction of sp³-hybridized carbons (Fsp3) is 0.538. The first-order valence-electron chi connectivity index (χ1n) is 6.21. The molecule has 0 spiro atoms. The molecule has 0 saturated carbocycles. The zero-order chi connectivity index (χ0) is 13.1. The van der Waals surface area contributed by atoms with Crippen molar-refractivity contribution in [2.45, 2.75) is 6.42 Å². The Bertz CT molecular complexity index is 435. The van der Waals surface area contributed by atoms with Gasteiger partial charge in [0.2, 0.25) is 0 Å². The Kier molecular flexibility index (Phi) is 4.14. The van der Waals surface area contributed by atoms with Gasteiger partial charge in [0.15, 0.2) is 0 Å². The number of nitrogens with zero attached hydrogens (tertiary/aromatic N) is 3. The van der Waals surface area contributed by atoms with Crippen LogP contribution in [0.1, 0.15) is 12.0 Å². The average molecular weight is 264 g/mol. The summed E-state index contributed by atoms with van der Waals surface area (Å²) in [7, 11) is 4.25. The molecule has 5 heteroatoms. The summed E-state index contributed by atoms with van der Waals surface area (Å²) in [5.74, 6) is 0.708. The predicted molar refractivity (Wildman–Crippen MR) is 79.0 cm³/mol. The van der Waals surface area contributed by atoms with Crippen LogP contribution in [0.5, 0.6) is 0 Å². The van der Waals surface area contributed by atoms with Crippen molar-refractivity contribution in [2.24, 2.45) is 11.7 Å². The molecule has 0 aromatic carbocycles. The smallest absolute Gasteiger partial charge is 0.106 e. The van der Waals surface area contributed by atoms with E-state index in [9.17, 15) is 0 Å². The van der Waals surface area contributed by atoms with Gasteiger partial charge in [-0.05, 0) is 32.0 Å². The number of rotatable bonds is 4. The number of aromatic nitrogens is 1. The summed E-state index contributed by atoms with van der Waals surface area (Å²) in [5.41, 5.74) is 7.69. The molecule has 2 rings (SSSR count). The lowest BCUT2D eigenvalue weighted by Crippen LogP contribution is -2.29. The van der Waals surface area contributed by atoms with E-state index in [1.54, 1.807) is 6.20 Å². The second-order valence-electron chi connectivity index (χ2n) is 5.05. The molecule has 2 heterocycles. The van der Waals surface area contributed by atoms with Crippen LogP contribution in [0.2, 0.25) is 0 Å². The van der Waals surface area contributed by atoms with Gasteiger partial charge in [-0.1, -0.05) is 12.2 Å². The van der Waals surface area contributed by atoms with E-state index in [0.29, 0.717) is 10.9 Å². The van der Waals surface area contributed by atoms with E-state index in [2.05, 4.69) is 28.9 Å². The number of hydrogen-bond donors (Lipinski definition) is 1. The van der Waals surface area contributed by atoms with Crippen LogP contribution in [0.3, 0.4) is 0 Å². The van der Waals surface area contributed by atoms with Gasteiger partial charge in [-0.3, -0.25) is 4.98 Å². The zero-order valence-electron chi connectivity index (χ0n) is 11.0. The number of nitrogens with two attached hydrogens (primary N) is 1. The lowest BCUT2D eigenvalue weighted by atomic mass is 10.1. The molecule has 0 bridgehead atoms. The predicted octanol–water partition coefficient (Wildman–Crippen LogP) is 1.10.